The predicted octanol–water partition coefficient (Wildman–Crippen LogP) is 3.70. The fraction of sp³-hybridized carbons (Fsp3) is 0.538. The highest BCUT2D eigenvalue weighted by atomic mass is 35.5. The molecular formula is C13H16Cl2N4. The SMILES string of the molecule is CCNc1nc(N(CCC#N)C2CC2)c(Cl)cc1Cl. The average molecular weight is 299 g/mol. The van der Waals surface area contributed by atoms with Crippen molar-refractivity contribution in [3.63, 3.8) is 0 Å². The normalized spacial score (nSPS) is 14.0. The van der Waals surface area contributed by atoms with Crippen LogP contribution in [0.1, 0.15) is 26.2 Å². The number of nitriles is 1. The molecule has 1 aromatic heterocycles. The molecule has 6 heteroatoms. The Kier molecular flexibility index (Phi) is 4.73. The summed E-state index contributed by atoms with van der Waals surface area (Å²) in [5.41, 5.74) is 0. The molecule has 0 amide bonds. The Morgan fingerprint density at radius 1 is 1.47 bits per heavy atom. The zero-order valence-electron chi connectivity index (χ0n) is 10.8. The molecule has 2 rings (SSSR count). The molecule has 0 unspecified atom stereocenters. The summed E-state index contributed by atoms with van der Waals surface area (Å²) in [6, 6.07) is 4.33. The van der Waals surface area contributed by atoms with Crippen molar-refractivity contribution in [1.29, 1.82) is 5.26 Å². The van der Waals surface area contributed by atoms with Crippen LogP contribution in [-0.4, -0.2) is 24.1 Å². The Morgan fingerprint density at radius 3 is 2.79 bits per heavy atom. The van der Waals surface area contributed by atoms with Crippen LogP contribution in [0, 0.1) is 11.3 Å². The molecule has 1 aromatic rings. The van der Waals surface area contributed by atoms with Crippen LogP contribution in [0.4, 0.5) is 11.6 Å². The number of anilines is 2. The van der Waals surface area contributed by atoms with Gasteiger partial charge in [0, 0.05) is 19.1 Å². The first-order chi connectivity index (χ1) is 9.17. The predicted molar refractivity (Wildman–Crippen MR) is 79.0 cm³/mol. The highest BCUT2D eigenvalue weighted by Gasteiger charge is 2.31. The smallest absolute Gasteiger partial charge is 0.150 e. The van der Waals surface area contributed by atoms with Crippen LogP contribution < -0.4 is 10.2 Å². The van der Waals surface area contributed by atoms with Crippen molar-refractivity contribution in [3.8, 4) is 6.07 Å². The van der Waals surface area contributed by atoms with Crippen molar-refractivity contribution < 1.29 is 0 Å². The Hall–Kier alpha value is -1.18. The molecule has 0 spiro atoms. The maximum absolute atomic E-state index is 8.75. The molecule has 19 heavy (non-hydrogen) atoms. The van der Waals surface area contributed by atoms with E-state index in [0.29, 0.717) is 34.9 Å². The summed E-state index contributed by atoms with van der Waals surface area (Å²) in [4.78, 5) is 6.63. The van der Waals surface area contributed by atoms with Crippen LogP contribution in [0.3, 0.4) is 0 Å². The fourth-order valence-electron chi connectivity index (χ4n) is 1.97. The molecule has 102 valence electrons. The van der Waals surface area contributed by atoms with E-state index in [9.17, 15) is 0 Å². The van der Waals surface area contributed by atoms with E-state index in [1.54, 1.807) is 6.07 Å². The largest absolute Gasteiger partial charge is 0.369 e. The van der Waals surface area contributed by atoms with Gasteiger partial charge in [-0.15, -0.1) is 0 Å². The third-order valence-corrected chi connectivity index (χ3v) is 3.55. The zero-order valence-corrected chi connectivity index (χ0v) is 12.3. The Labute approximate surface area is 123 Å². The first kappa shape index (κ1) is 14.2. The Bertz CT molecular complexity index is 494. The van der Waals surface area contributed by atoms with Gasteiger partial charge in [0.1, 0.15) is 11.6 Å². The average Bonchev–Trinajstić information content (AvgIpc) is 3.19. The van der Waals surface area contributed by atoms with Gasteiger partial charge in [0.15, 0.2) is 0 Å². The van der Waals surface area contributed by atoms with E-state index < -0.39 is 0 Å². The van der Waals surface area contributed by atoms with Crippen LogP contribution in [0.25, 0.3) is 0 Å². The zero-order chi connectivity index (χ0) is 13.8. The molecule has 1 fully saturated rings. The van der Waals surface area contributed by atoms with Gasteiger partial charge in [0.25, 0.3) is 0 Å². The van der Waals surface area contributed by atoms with Crippen LogP contribution >= 0.6 is 23.2 Å². The van der Waals surface area contributed by atoms with Gasteiger partial charge in [-0.1, -0.05) is 23.2 Å². The molecule has 1 saturated carbocycles. The Morgan fingerprint density at radius 2 is 2.21 bits per heavy atom. The summed E-state index contributed by atoms with van der Waals surface area (Å²) in [5, 5.41) is 12.9. The molecule has 0 saturated heterocycles. The molecule has 1 aliphatic carbocycles. The second-order valence-corrected chi connectivity index (χ2v) is 5.30. The minimum Gasteiger partial charge on any atom is -0.369 e. The quantitative estimate of drug-likeness (QED) is 0.870. The van der Waals surface area contributed by atoms with E-state index in [4.69, 9.17) is 28.5 Å². The Balaban J connectivity index is 2.30. The van der Waals surface area contributed by atoms with Crippen molar-refractivity contribution >= 4 is 34.8 Å². The van der Waals surface area contributed by atoms with E-state index >= 15 is 0 Å². The summed E-state index contributed by atoms with van der Waals surface area (Å²) >= 11 is 12.4. The lowest BCUT2D eigenvalue weighted by Crippen LogP contribution is -2.28. The minimum absolute atomic E-state index is 0.453. The number of rotatable bonds is 6. The molecule has 1 N–H and O–H groups in total. The second-order valence-electron chi connectivity index (χ2n) is 4.49. The molecule has 0 aromatic carbocycles. The lowest BCUT2D eigenvalue weighted by Gasteiger charge is -2.24. The topological polar surface area (TPSA) is 52.0 Å². The van der Waals surface area contributed by atoms with Crippen molar-refractivity contribution in [2.75, 3.05) is 23.3 Å². The summed E-state index contributed by atoms with van der Waals surface area (Å²) in [6.45, 7) is 3.39. The van der Waals surface area contributed by atoms with Gasteiger partial charge >= 0.3 is 0 Å². The van der Waals surface area contributed by atoms with Gasteiger partial charge in [-0.3, -0.25) is 0 Å². The van der Waals surface area contributed by atoms with Crippen molar-refractivity contribution in [1.82, 2.24) is 4.98 Å². The lowest BCUT2D eigenvalue weighted by atomic mass is 10.3. The number of hydrogen-bond donors (Lipinski definition) is 1. The first-order valence-corrected chi connectivity index (χ1v) is 7.16. The molecular weight excluding hydrogens is 283 g/mol. The van der Waals surface area contributed by atoms with E-state index in [-0.39, 0.29) is 0 Å². The minimum atomic E-state index is 0.453. The summed E-state index contributed by atoms with van der Waals surface area (Å²) < 4.78 is 0. The lowest BCUT2D eigenvalue weighted by molar-refractivity contribution is 0.778. The van der Waals surface area contributed by atoms with Crippen LogP contribution in [0.15, 0.2) is 6.07 Å². The van der Waals surface area contributed by atoms with Crippen LogP contribution in [0.5, 0.6) is 0 Å². The number of nitrogens with zero attached hydrogens (tertiary/aromatic N) is 3. The molecule has 0 radical (unpaired) electrons. The number of halogens is 2. The molecule has 0 atom stereocenters. The standard InChI is InChI=1S/C13H16Cl2N4/c1-2-17-12-10(14)8-11(15)13(18-12)19(7-3-6-16)9-4-5-9/h8-9H,2-5,7H2,1H3,(H,17,18). The third kappa shape index (κ3) is 3.43. The molecule has 0 aliphatic heterocycles. The molecule has 4 nitrogen and oxygen atoms in total. The third-order valence-electron chi connectivity index (χ3n) is 2.98. The van der Waals surface area contributed by atoms with Gasteiger partial charge in [0.2, 0.25) is 0 Å². The van der Waals surface area contributed by atoms with Crippen molar-refractivity contribution in [2.45, 2.75) is 32.2 Å². The summed E-state index contributed by atoms with van der Waals surface area (Å²) in [7, 11) is 0. The summed E-state index contributed by atoms with van der Waals surface area (Å²) in [5.74, 6) is 1.37. The number of aromatic nitrogens is 1. The number of pyridine rings is 1. The van der Waals surface area contributed by atoms with Crippen LogP contribution in [-0.2, 0) is 0 Å². The number of hydrogen-bond acceptors (Lipinski definition) is 4. The van der Waals surface area contributed by atoms with Gasteiger partial charge < -0.3 is 10.2 Å². The monoisotopic (exact) mass is 298 g/mol. The highest BCUT2D eigenvalue weighted by molar-refractivity contribution is 6.37. The van der Waals surface area contributed by atoms with Crippen LogP contribution in [0.2, 0.25) is 10.0 Å². The van der Waals surface area contributed by atoms with E-state index in [1.807, 2.05) is 6.92 Å². The van der Waals surface area contributed by atoms with Crippen molar-refractivity contribution in [2.24, 2.45) is 0 Å². The van der Waals surface area contributed by atoms with Gasteiger partial charge in [-0.2, -0.15) is 5.26 Å². The van der Waals surface area contributed by atoms with E-state index in [1.165, 1.54) is 0 Å². The van der Waals surface area contributed by atoms with Gasteiger partial charge in [-0.25, -0.2) is 4.98 Å². The second kappa shape index (κ2) is 6.31. The highest BCUT2D eigenvalue weighted by Crippen LogP contribution is 2.37. The fourth-order valence-corrected chi connectivity index (χ4v) is 2.50. The van der Waals surface area contributed by atoms with E-state index in [2.05, 4.69) is 21.3 Å². The number of nitrogens with one attached hydrogen (secondary N) is 1. The van der Waals surface area contributed by atoms with E-state index in [0.717, 1.165) is 25.2 Å². The molecule has 1 aliphatic rings. The van der Waals surface area contributed by atoms with Gasteiger partial charge in [-0.05, 0) is 25.8 Å². The van der Waals surface area contributed by atoms with Crippen molar-refractivity contribution in [3.05, 3.63) is 16.1 Å². The maximum Gasteiger partial charge on any atom is 0.150 e. The maximum atomic E-state index is 8.75. The molecule has 1 heterocycles. The molecule has 0 bridgehead atoms. The summed E-state index contributed by atoms with van der Waals surface area (Å²) in [6.07, 6.45) is 2.72. The first-order valence-electron chi connectivity index (χ1n) is 6.40. The van der Waals surface area contributed by atoms with Gasteiger partial charge in [0.05, 0.1) is 22.5 Å².